The van der Waals surface area contributed by atoms with Gasteiger partial charge in [0.1, 0.15) is 6.26 Å². The van der Waals surface area contributed by atoms with Crippen LogP contribution in [0.1, 0.15) is 32.5 Å². The number of hydrogen-bond donors (Lipinski definition) is 1. The molecule has 0 spiro atoms. The fraction of sp³-hybridized carbons (Fsp3) is 0.455. The molecule has 5 heteroatoms. The van der Waals surface area contributed by atoms with Gasteiger partial charge >= 0.3 is 0 Å². The molecule has 0 aromatic carbocycles. The Labute approximate surface area is 93.6 Å². The summed E-state index contributed by atoms with van der Waals surface area (Å²) in [6.45, 7) is 4.02. The molecule has 0 bridgehead atoms. The lowest BCUT2D eigenvalue weighted by Gasteiger charge is -2.21. The van der Waals surface area contributed by atoms with Crippen LogP contribution in [0, 0.1) is 0 Å². The van der Waals surface area contributed by atoms with Gasteiger partial charge in [0.15, 0.2) is 5.82 Å². The second kappa shape index (κ2) is 4.09. The average molecular weight is 221 g/mol. The van der Waals surface area contributed by atoms with Gasteiger partial charge in [-0.3, -0.25) is 0 Å². The van der Waals surface area contributed by atoms with Crippen molar-refractivity contribution in [2.24, 2.45) is 5.73 Å². The Morgan fingerprint density at radius 2 is 2.12 bits per heavy atom. The van der Waals surface area contributed by atoms with Crippen molar-refractivity contribution in [3.63, 3.8) is 0 Å². The van der Waals surface area contributed by atoms with Crippen LogP contribution in [0.25, 0.3) is 11.5 Å². The number of nitrogens with two attached hydrogens (primary N) is 1. The second-order valence-corrected chi connectivity index (χ2v) is 3.80. The molecule has 2 aromatic heterocycles. The fourth-order valence-electron chi connectivity index (χ4n) is 1.50. The zero-order valence-corrected chi connectivity index (χ0v) is 9.43. The molecule has 0 saturated carbocycles. The number of aromatic nitrogens is 2. The molecule has 2 rings (SSSR count). The van der Waals surface area contributed by atoms with Gasteiger partial charge in [-0.2, -0.15) is 4.98 Å². The van der Waals surface area contributed by atoms with Crippen LogP contribution >= 0.6 is 0 Å². The Morgan fingerprint density at radius 3 is 2.69 bits per heavy atom. The van der Waals surface area contributed by atoms with Crippen LogP contribution in [0.15, 0.2) is 27.5 Å². The summed E-state index contributed by atoms with van der Waals surface area (Å²) in [6, 6.07) is 1.77. The summed E-state index contributed by atoms with van der Waals surface area (Å²) in [5, 5.41) is 3.93. The van der Waals surface area contributed by atoms with Gasteiger partial charge in [0.25, 0.3) is 5.89 Å². The molecule has 0 radical (unpaired) electrons. The molecule has 16 heavy (non-hydrogen) atoms. The molecule has 0 aliphatic carbocycles. The Balaban J connectivity index is 2.33. The van der Waals surface area contributed by atoms with Crippen LogP contribution < -0.4 is 5.73 Å². The van der Waals surface area contributed by atoms with E-state index in [1.807, 2.05) is 13.8 Å². The van der Waals surface area contributed by atoms with E-state index >= 15 is 0 Å². The van der Waals surface area contributed by atoms with Crippen molar-refractivity contribution in [3.8, 4) is 11.5 Å². The highest BCUT2D eigenvalue weighted by Gasteiger charge is 2.29. The normalized spacial score (nSPS) is 11.9. The zero-order valence-electron chi connectivity index (χ0n) is 9.43. The number of nitrogens with zero attached hydrogens (tertiary/aromatic N) is 2. The maximum Gasteiger partial charge on any atom is 0.261 e. The van der Waals surface area contributed by atoms with E-state index in [0.29, 0.717) is 11.7 Å². The third-order valence-corrected chi connectivity index (χ3v) is 2.90. The SMILES string of the molecule is CCC(N)(CC)c1noc(-c2ccoc2)n1. The number of hydrogen-bond acceptors (Lipinski definition) is 5. The van der Waals surface area contributed by atoms with E-state index in [-0.39, 0.29) is 0 Å². The van der Waals surface area contributed by atoms with Crippen molar-refractivity contribution in [2.45, 2.75) is 32.2 Å². The van der Waals surface area contributed by atoms with Crippen molar-refractivity contribution in [3.05, 3.63) is 24.4 Å². The smallest absolute Gasteiger partial charge is 0.261 e. The summed E-state index contributed by atoms with van der Waals surface area (Å²) in [5.74, 6) is 0.995. The summed E-state index contributed by atoms with van der Waals surface area (Å²) < 4.78 is 10.1. The molecule has 0 amide bonds. The van der Waals surface area contributed by atoms with Gasteiger partial charge < -0.3 is 14.7 Å². The minimum atomic E-state index is -0.508. The van der Waals surface area contributed by atoms with Crippen LogP contribution in [0.5, 0.6) is 0 Å². The molecule has 0 aliphatic rings. The van der Waals surface area contributed by atoms with E-state index in [1.54, 1.807) is 18.6 Å². The predicted molar refractivity (Wildman–Crippen MR) is 58.4 cm³/mol. The summed E-state index contributed by atoms with van der Waals surface area (Å²) in [7, 11) is 0. The topological polar surface area (TPSA) is 78.1 Å². The van der Waals surface area contributed by atoms with Crippen molar-refractivity contribution >= 4 is 0 Å². The maximum atomic E-state index is 6.18. The molecule has 5 nitrogen and oxygen atoms in total. The fourth-order valence-corrected chi connectivity index (χ4v) is 1.50. The molecule has 2 aromatic rings. The quantitative estimate of drug-likeness (QED) is 0.857. The van der Waals surface area contributed by atoms with E-state index in [9.17, 15) is 0 Å². The maximum absolute atomic E-state index is 6.18. The summed E-state index contributed by atoms with van der Waals surface area (Å²) in [5.41, 5.74) is 6.44. The van der Waals surface area contributed by atoms with Crippen molar-refractivity contribution in [1.29, 1.82) is 0 Å². The van der Waals surface area contributed by atoms with Gasteiger partial charge in [-0.1, -0.05) is 19.0 Å². The summed E-state index contributed by atoms with van der Waals surface area (Å²) in [4.78, 5) is 4.30. The van der Waals surface area contributed by atoms with E-state index < -0.39 is 5.54 Å². The lowest BCUT2D eigenvalue weighted by Crippen LogP contribution is -2.36. The van der Waals surface area contributed by atoms with E-state index in [4.69, 9.17) is 14.7 Å². The van der Waals surface area contributed by atoms with Crippen LogP contribution in [0.4, 0.5) is 0 Å². The highest BCUT2D eigenvalue weighted by atomic mass is 16.5. The first-order chi connectivity index (χ1) is 7.69. The lowest BCUT2D eigenvalue weighted by molar-refractivity contribution is 0.350. The molecule has 2 heterocycles. The molecular formula is C11H15N3O2. The van der Waals surface area contributed by atoms with Gasteiger partial charge in [0.2, 0.25) is 0 Å². The van der Waals surface area contributed by atoms with Crippen molar-refractivity contribution in [1.82, 2.24) is 10.1 Å². The summed E-state index contributed by atoms with van der Waals surface area (Å²) >= 11 is 0. The molecule has 0 fully saturated rings. The highest BCUT2D eigenvalue weighted by molar-refractivity contribution is 5.49. The molecule has 0 aliphatic heterocycles. The van der Waals surface area contributed by atoms with E-state index in [2.05, 4.69) is 10.1 Å². The molecular weight excluding hydrogens is 206 g/mol. The van der Waals surface area contributed by atoms with Gasteiger partial charge in [0.05, 0.1) is 17.4 Å². The monoisotopic (exact) mass is 221 g/mol. The van der Waals surface area contributed by atoms with Crippen molar-refractivity contribution < 1.29 is 8.94 Å². The van der Waals surface area contributed by atoms with Gasteiger partial charge in [-0.05, 0) is 18.9 Å². The molecule has 0 saturated heterocycles. The van der Waals surface area contributed by atoms with Crippen LogP contribution in [0.2, 0.25) is 0 Å². The average Bonchev–Trinajstić information content (AvgIpc) is 2.97. The van der Waals surface area contributed by atoms with Gasteiger partial charge in [-0.25, -0.2) is 0 Å². The first-order valence-corrected chi connectivity index (χ1v) is 5.35. The molecule has 2 N–H and O–H groups in total. The molecule has 86 valence electrons. The Bertz CT molecular complexity index is 444. The number of rotatable bonds is 4. The van der Waals surface area contributed by atoms with E-state index in [0.717, 1.165) is 18.4 Å². The van der Waals surface area contributed by atoms with E-state index in [1.165, 1.54) is 0 Å². The van der Waals surface area contributed by atoms with Crippen LogP contribution in [-0.4, -0.2) is 10.1 Å². The zero-order chi connectivity index (χ0) is 11.6. The predicted octanol–water partition coefficient (Wildman–Crippen LogP) is 2.30. The Morgan fingerprint density at radius 1 is 1.38 bits per heavy atom. The first-order valence-electron chi connectivity index (χ1n) is 5.35. The first kappa shape index (κ1) is 10.9. The van der Waals surface area contributed by atoms with Crippen LogP contribution in [-0.2, 0) is 5.54 Å². The lowest BCUT2D eigenvalue weighted by atomic mass is 9.93. The van der Waals surface area contributed by atoms with Gasteiger partial charge in [-0.15, -0.1) is 0 Å². The molecule has 0 atom stereocenters. The largest absolute Gasteiger partial charge is 0.472 e. The third-order valence-electron chi connectivity index (χ3n) is 2.90. The molecule has 0 unspecified atom stereocenters. The minimum absolute atomic E-state index is 0.445. The van der Waals surface area contributed by atoms with Gasteiger partial charge in [0, 0.05) is 0 Å². The number of furan rings is 1. The Kier molecular flexibility index (Phi) is 2.78. The minimum Gasteiger partial charge on any atom is -0.472 e. The standard InChI is InChI=1S/C11H15N3O2/c1-3-11(12,4-2)10-13-9(16-14-10)8-5-6-15-7-8/h5-7H,3-4,12H2,1-2H3. The van der Waals surface area contributed by atoms with Crippen molar-refractivity contribution in [2.75, 3.05) is 0 Å². The Hall–Kier alpha value is -1.62. The second-order valence-electron chi connectivity index (χ2n) is 3.80. The third kappa shape index (κ3) is 1.74. The van der Waals surface area contributed by atoms with Crippen LogP contribution in [0.3, 0.4) is 0 Å². The highest BCUT2D eigenvalue weighted by Crippen LogP contribution is 2.25. The summed E-state index contributed by atoms with van der Waals surface area (Å²) in [6.07, 6.45) is 4.67.